The number of nitrogens with zero attached hydrogens (tertiary/aromatic N) is 1. The molecule has 0 aromatic carbocycles. The molecule has 8 heteroatoms. The number of carbonyl (C=O) groups is 1. The second kappa shape index (κ2) is 5.92. The van der Waals surface area contributed by atoms with E-state index in [9.17, 15) is 13.2 Å². The molecule has 3 N–H and O–H groups in total. The SMILES string of the molecule is CC1CCCCCC1NS(=O)(=O)c1[nH]ncc1C(=O)O. The summed E-state index contributed by atoms with van der Waals surface area (Å²) in [5.41, 5.74) is -0.334. The Hall–Kier alpha value is -1.41. The first-order valence-corrected chi connectivity index (χ1v) is 8.19. The maximum atomic E-state index is 12.3. The van der Waals surface area contributed by atoms with Gasteiger partial charge in [0.05, 0.1) is 6.20 Å². The van der Waals surface area contributed by atoms with E-state index in [1.54, 1.807) is 0 Å². The van der Waals surface area contributed by atoms with Crippen LogP contribution in [0.3, 0.4) is 0 Å². The molecule has 2 unspecified atom stereocenters. The lowest BCUT2D eigenvalue weighted by molar-refractivity contribution is 0.0692. The van der Waals surface area contributed by atoms with E-state index in [-0.39, 0.29) is 22.5 Å². The van der Waals surface area contributed by atoms with E-state index < -0.39 is 16.0 Å². The zero-order chi connectivity index (χ0) is 14.8. The number of hydrogen-bond acceptors (Lipinski definition) is 4. The first-order chi connectivity index (χ1) is 9.42. The largest absolute Gasteiger partial charge is 0.478 e. The number of aromatic nitrogens is 2. The van der Waals surface area contributed by atoms with Crippen molar-refractivity contribution in [3.63, 3.8) is 0 Å². The second-order valence-corrected chi connectivity index (χ2v) is 6.91. The zero-order valence-electron chi connectivity index (χ0n) is 11.3. The van der Waals surface area contributed by atoms with Crippen molar-refractivity contribution >= 4 is 16.0 Å². The van der Waals surface area contributed by atoms with Crippen molar-refractivity contribution in [1.29, 1.82) is 0 Å². The highest BCUT2D eigenvalue weighted by Crippen LogP contribution is 2.24. The maximum Gasteiger partial charge on any atom is 0.340 e. The Morgan fingerprint density at radius 2 is 2.10 bits per heavy atom. The predicted octanol–water partition coefficient (Wildman–Crippen LogP) is 1.35. The first kappa shape index (κ1) is 15.0. The Balaban J connectivity index is 2.22. The lowest BCUT2D eigenvalue weighted by atomic mass is 9.98. The van der Waals surface area contributed by atoms with Crippen molar-refractivity contribution in [2.45, 2.75) is 50.1 Å². The molecule has 7 nitrogen and oxygen atoms in total. The predicted molar refractivity (Wildman–Crippen MR) is 71.9 cm³/mol. The Bertz CT molecular complexity index is 581. The molecule has 2 atom stereocenters. The monoisotopic (exact) mass is 301 g/mol. The van der Waals surface area contributed by atoms with Gasteiger partial charge in [0.2, 0.25) is 0 Å². The van der Waals surface area contributed by atoms with Gasteiger partial charge >= 0.3 is 5.97 Å². The summed E-state index contributed by atoms with van der Waals surface area (Å²) >= 11 is 0. The second-order valence-electron chi connectivity index (χ2n) is 5.26. The summed E-state index contributed by atoms with van der Waals surface area (Å²) in [6, 6.07) is -0.160. The molecule has 2 rings (SSSR count). The molecule has 1 saturated carbocycles. The Morgan fingerprint density at radius 1 is 1.40 bits per heavy atom. The zero-order valence-corrected chi connectivity index (χ0v) is 12.1. The van der Waals surface area contributed by atoms with Crippen molar-refractivity contribution in [3.05, 3.63) is 11.8 Å². The summed E-state index contributed by atoms with van der Waals surface area (Å²) in [4.78, 5) is 11.0. The van der Waals surface area contributed by atoms with E-state index in [2.05, 4.69) is 14.9 Å². The molecular weight excluding hydrogens is 282 g/mol. The summed E-state index contributed by atoms with van der Waals surface area (Å²) in [6.07, 6.45) is 5.94. The van der Waals surface area contributed by atoms with Crippen LogP contribution < -0.4 is 4.72 Å². The van der Waals surface area contributed by atoms with Gasteiger partial charge in [0.25, 0.3) is 10.0 Å². The third kappa shape index (κ3) is 3.18. The number of H-pyrrole nitrogens is 1. The minimum atomic E-state index is -3.89. The standard InChI is InChI=1S/C12H19N3O4S/c1-8-5-3-2-4-6-10(8)15-20(18,19)11-9(12(16)17)7-13-14-11/h7-8,10,15H,2-6H2,1H3,(H,13,14)(H,16,17). The van der Waals surface area contributed by atoms with Crippen LogP contribution in [-0.4, -0.2) is 35.7 Å². The Morgan fingerprint density at radius 3 is 2.80 bits per heavy atom. The minimum absolute atomic E-state index is 0.160. The highest BCUT2D eigenvalue weighted by atomic mass is 32.2. The molecule has 1 aromatic heterocycles. The van der Waals surface area contributed by atoms with Crippen molar-refractivity contribution in [2.75, 3.05) is 0 Å². The van der Waals surface area contributed by atoms with Crippen LogP contribution in [0.1, 0.15) is 49.4 Å². The van der Waals surface area contributed by atoms with Crippen LogP contribution in [0.4, 0.5) is 0 Å². The number of rotatable bonds is 4. The molecule has 0 saturated heterocycles. The van der Waals surface area contributed by atoms with E-state index >= 15 is 0 Å². The van der Waals surface area contributed by atoms with Gasteiger partial charge in [0.15, 0.2) is 5.03 Å². The van der Waals surface area contributed by atoms with E-state index in [0.717, 1.165) is 38.3 Å². The van der Waals surface area contributed by atoms with Gasteiger partial charge in [-0.2, -0.15) is 5.10 Å². The Kier molecular flexibility index (Phi) is 4.44. The summed E-state index contributed by atoms with van der Waals surface area (Å²) < 4.78 is 27.2. The van der Waals surface area contributed by atoms with Crippen molar-refractivity contribution in [2.24, 2.45) is 5.92 Å². The van der Waals surface area contributed by atoms with E-state index in [1.807, 2.05) is 6.92 Å². The number of carboxylic acid groups (broad SMARTS) is 1. The minimum Gasteiger partial charge on any atom is -0.478 e. The van der Waals surface area contributed by atoms with Crippen LogP contribution in [0.5, 0.6) is 0 Å². The van der Waals surface area contributed by atoms with Crippen LogP contribution in [0, 0.1) is 5.92 Å². The fourth-order valence-electron chi connectivity index (χ4n) is 2.56. The Labute approximate surface area is 117 Å². The number of nitrogens with one attached hydrogen (secondary N) is 2. The molecule has 1 aliphatic carbocycles. The molecular formula is C12H19N3O4S. The number of aromatic carboxylic acids is 1. The van der Waals surface area contributed by atoms with Gasteiger partial charge in [0, 0.05) is 6.04 Å². The third-order valence-corrected chi connectivity index (χ3v) is 5.23. The summed E-state index contributed by atoms with van der Waals surface area (Å²) in [7, 11) is -3.89. The molecule has 0 radical (unpaired) electrons. The molecule has 112 valence electrons. The molecule has 1 heterocycles. The topological polar surface area (TPSA) is 112 Å². The van der Waals surface area contributed by atoms with Crippen LogP contribution in [-0.2, 0) is 10.0 Å². The summed E-state index contributed by atoms with van der Waals surface area (Å²) in [5.74, 6) is -1.07. The van der Waals surface area contributed by atoms with Crippen LogP contribution in [0.25, 0.3) is 0 Å². The summed E-state index contributed by atoms with van der Waals surface area (Å²) in [6.45, 7) is 2.02. The van der Waals surface area contributed by atoms with Gasteiger partial charge in [-0.25, -0.2) is 17.9 Å². The lowest BCUT2D eigenvalue weighted by Crippen LogP contribution is -2.39. The van der Waals surface area contributed by atoms with E-state index in [4.69, 9.17) is 5.11 Å². The molecule has 1 fully saturated rings. The molecule has 0 aliphatic heterocycles. The average Bonchev–Trinajstić information content (AvgIpc) is 2.79. The van der Waals surface area contributed by atoms with Crippen molar-refractivity contribution in [1.82, 2.24) is 14.9 Å². The number of hydrogen-bond donors (Lipinski definition) is 3. The van der Waals surface area contributed by atoms with E-state index in [1.165, 1.54) is 0 Å². The normalized spacial score (nSPS) is 24.2. The molecule has 0 spiro atoms. The first-order valence-electron chi connectivity index (χ1n) is 6.71. The molecule has 20 heavy (non-hydrogen) atoms. The maximum absolute atomic E-state index is 12.3. The van der Waals surface area contributed by atoms with Gasteiger partial charge in [-0.1, -0.05) is 26.2 Å². The quantitative estimate of drug-likeness (QED) is 0.727. The molecule has 1 aromatic rings. The number of sulfonamides is 1. The highest BCUT2D eigenvalue weighted by molar-refractivity contribution is 7.89. The fourth-order valence-corrected chi connectivity index (χ4v) is 4.03. The van der Waals surface area contributed by atoms with Gasteiger partial charge < -0.3 is 5.11 Å². The van der Waals surface area contributed by atoms with Gasteiger partial charge in [-0.05, 0) is 18.8 Å². The molecule has 1 aliphatic rings. The molecule has 0 bridgehead atoms. The highest BCUT2D eigenvalue weighted by Gasteiger charge is 2.30. The molecule has 0 amide bonds. The number of aromatic amines is 1. The van der Waals surface area contributed by atoms with Crippen LogP contribution >= 0.6 is 0 Å². The van der Waals surface area contributed by atoms with Crippen LogP contribution in [0.15, 0.2) is 11.2 Å². The van der Waals surface area contributed by atoms with Crippen molar-refractivity contribution in [3.8, 4) is 0 Å². The van der Waals surface area contributed by atoms with Crippen molar-refractivity contribution < 1.29 is 18.3 Å². The summed E-state index contributed by atoms with van der Waals surface area (Å²) in [5, 5.41) is 14.4. The van der Waals surface area contributed by atoms with Gasteiger partial charge in [-0.3, -0.25) is 5.10 Å². The number of carboxylic acids is 1. The lowest BCUT2D eigenvalue weighted by Gasteiger charge is -2.22. The average molecular weight is 301 g/mol. The van der Waals surface area contributed by atoms with Crippen LogP contribution in [0.2, 0.25) is 0 Å². The smallest absolute Gasteiger partial charge is 0.340 e. The van der Waals surface area contributed by atoms with E-state index in [0.29, 0.717) is 0 Å². The van der Waals surface area contributed by atoms with Gasteiger partial charge in [-0.15, -0.1) is 0 Å². The van der Waals surface area contributed by atoms with Gasteiger partial charge in [0.1, 0.15) is 5.56 Å². The fraction of sp³-hybridized carbons (Fsp3) is 0.667. The third-order valence-electron chi connectivity index (χ3n) is 3.77.